The SMILES string of the molecule is O=S(=O)(N[C@H]1COC[C@H]1Cc1ccncc1)c1ccc(Cl)s1. The van der Waals surface area contributed by atoms with Crippen molar-refractivity contribution in [1.29, 1.82) is 0 Å². The van der Waals surface area contributed by atoms with Crippen molar-refractivity contribution in [1.82, 2.24) is 9.71 Å². The summed E-state index contributed by atoms with van der Waals surface area (Å²) >= 11 is 6.86. The van der Waals surface area contributed by atoms with Crippen LogP contribution in [-0.4, -0.2) is 32.7 Å². The van der Waals surface area contributed by atoms with Crippen molar-refractivity contribution in [3.05, 3.63) is 46.6 Å². The summed E-state index contributed by atoms with van der Waals surface area (Å²) in [5, 5.41) is 0. The summed E-state index contributed by atoms with van der Waals surface area (Å²) in [4.78, 5) is 3.99. The van der Waals surface area contributed by atoms with Gasteiger partial charge < -0.3 is 4.74 Å². The molecule has 3 rings (SSSR count). The van der Waals surface area contributed by atoms with Crippen LogP contribution in [0.1, 0.15) is 5.56 Å². The van der Waals surface area contributed by atoms with Crippen LogP contribution in [0.25, 0.3) is 0 Å². The molecule has 2 atom stereocenters. The smallest absolute Gasteiger partial charge is 0.250 e. The first-order valence-corrected chi connectivity index (χ1v) is 9.47. The van der Waals surface area contributed by atoms with Crippen LogP contribution >= 0.6 is 22.9 Å². The zero-order valence-corrected chi connectivity index (χ0v) is 14.0. The lowest BCUT2D eigenvalue weighted by molar-refractivity contribution is 0.183. The van der Waals surface area contributed by atoms with Gasteiger partial charge in [0.15, 0.2) is 0 Å². The Hall–Kier alpha value is -0.990. The molecule has 1 aliphatic heterocycles. The van der Waals surface area contributed by atoms with Gasteiger partial charge >= 0.3 is 0 Å². The summed E-state index contributed by atoms with van der Waals surface area (Å²) in [6.45, 7) is 0.925. The third-order valence-electron chi connectivity index (χ3n) is 3.57. The molecule has 3 heterocycles. The van der Waals surface area contributed by atoms with Crippen molar-refractivity contribution in [3.8, 4) is 0 Å². The monoisotopic (exact) mass is 358 g/mol. The summed E-state index contributed by atoms with van der Waals surface area (Å²) in [5.41, 5.74) is 1.12. The highest BCUT2D eigenvalue weighted by atomic mass is 35.5. The number of aromatic nitrogens is 1. The normalized spacial score (nSPS) is 22.0. The summed E-state index contributed by atoms with van der Waals surface area (Å²) in [7, 11) is -3.56. The van der Waals surface area contributed by atoms with Gasteiger partial charge in [0.25, 0.3) is 0 Å². The Morgan fingerprint density at radius 2 is 2.05 bits per heavy atom. The van der Waals surface area contributed by atoms with Crippen LogP contribution < -0.4 is 4.72 Å². The van der Waals surface area contributed by atoms with Crippen LogP contribution in [0.2, 0.25) is 4.34 Å². The summed E-state index contributed by atoms with van der Waals surface area (Å²) < 4.78 is 33.6. The van der Waals surface area contributed by atoms with Gasteiger partial charge in [-0.05, 0) is 36.2 Å². The van der Waals surface area contributed by atoms with Gasteiger partial charge in [0.2, 0.25) is 10.0 Å². The molecule has 8 heteroatoms. The predicted molar refractivity (Wildman–Crippen MR) is 85.7 cm³/mol. The molecule has 0 aromatic carbocycles. The second-order valence-electron chi connectivity index (χ2n) is 5.14. The first kappa shape index (κ1) is 15.9. The molecule has 2 aromatic heterocycles. The van der Waals surface area contributed by atoms with Crippen molar-refractivity contribution in [3.63, 3.8) is 0 Å². The third kappa shape index (κ3) is 3.67. The molecular formula is C14H15ClN2O3S2. The molecule has 0 unspecified atom stereocenters. The summed E-state index contributed by atoms with van der Waals surface area (Å²) in [6.07, 6.45) is 4.22. The first-order valence-electron chi connectivity index (χ1n) is 6.79. The number of nitrogens with one attached hydrogen (secondary N) is 1. The molecule has 1 aliphatic rings. The fraction of sp³-hybridized carbons (Fsp3) is 0.357. The van der Waals surface area contributed by atoms with Crippen LogP contribution in [0, 0.1) is 5.92 Å². The van der Waals surface area contributed by atoms with Crippen LogP contribution in [0.15, 0.2) is 40.9 Å². The highest BCUT2D eigenvalue weighted by Gasteiger charge is 2.32. The molecule has 1 N–H and O–H groups in total. The minimum Gasteiger partial charge on any atom is -0.379 e. The fourth-order valence-electron chi connectivity index (χ4n) is 2.45. The van der Waals surface area contributed by atoms with E-state index >= 15 is 0 Å². The molecular weight excluding hydrogens is 344 g/mol. The van der Waals surface area contributed by atoms with E-state index in [1.54, 1.807) is 18.5 Å². The Kier molecular flexibility index (Phi) is 4.79. The van der Waals surface area contributed by atoms with Gasteiger partial charge in [0, 0.05) is 18.3 Å². The molecule has 0 bridgehead atoms. The number of nitrogens with zero attached hydrogens (tertiary/aromatic N) is 1. The maximum Gasteiger partial charge on any atom is 0.250 e. The van der Waals surface area contributed by atoms with Crippen molar-refractivity contribution in [2.24, 2.45) is 5.92 Å². The lowest BCUT2D eigenvalue weighted by Gasteiger charge is -2.18. The average molecular weight is 359 g/mol. The van der Waals surface area contributed by atoms with Crippen LogP contribution in [0.3, 0.4) is 0 Å². The van der Waals surface area contributed by atoms with Gasteiger partial charge in [0.05, 0.1) is 23.6 Å². The summed E-state index contributed by atoms with van der Waals surface area (Å²) in [6, 6.07) is 6.73. The Morgan fingerprint density at radius 3 is 2.73 bits per heavy atom. The Morgan fingerprint density at radius 1 is 1.27 bits per heavy atom. The lowest BCUT2D eigenvalue weighted by atomic mass is 9.96. The van der Waals surface area contributed by atoms with Gasteiger partial charge in [-0.2, -0.15) is 0 Å². The number of thiophene rings is 1. The van der Waals surface area contributed by atoms with E-state index in [0.717, 1.165) is 23.3 Å². The quantitative estimate of drug-likeness (QED) is 0.890. The molecule has 5 nitrogen and oxygen atoms in total. The van der Waals surface area contributed by atoms with E-state index in [9.17, 15) is 8.42 Å². The minimum absolute atomic E-state index is 0.104. The van der Waals surface area contributed by atoms with E-state index in [0.29, 0.717) is 17.6 Å². The molecule has 0 radical (unpaired) electrons. The molecule has 1 saturated heterocycles. The Labute approximate surface area is 138 Å². The van der Waals surface area contributed by atoms with Gasteiger partial charge in [-0.25, -0.2) is 13.1 Å². The molecule has 0 saturated carbocycles. The largest absolute Gasteiger partial charge is 0.379 e. The number of rotatable bonds is 5. The lowest BCUT2D eigenvalue weighted by Crippen LogP contribution is -2.40. The van der Waals surface area contributed by atoms with E-state index in [1.165, 1.54) is 6.07 Å². The standard InChI is InChI=1S/C14H15ClN2O3S2/c15-13-1-2-14(21-13)22(18,19)17-12-9-20-8-11(12)7-10-3-5-16-6-4-10/h1-6,11-12,17H,7-9H2/t11-,12+/m1/s1. The number of ether oxygens (including phenoxy) is 1. The highest BCUT2D eigenvalue weighted by molar-refractivity contribution is 7.91. The van der Waals surface area contributed by atoms with E-state index in [1.807, 2.05) is 12.1 Å². The topological polar surface area (TPSA) is 68.3 Å². The van der Waals surface area contributed by atoms with Crippen molar-refractivity contribution in [2.75, 3.05) is 13.2 Å². The number of pyridine rings is 1. The van der Waals surface area contributed by atoms with E-state index in [-0.39, 0.29) is 16.2 Å². The van der Waals surface area contributed by atoms with Crippen LogP contribution in [0.4, 0.5) is 0 Å². The maximum absolute atomic E-state index is 12.4. The van der Waals surface area contributed by atoms with Gasteiger partial charge in [0.1, 0.15) is 4.21 Å². The summed E-state index contributed by atoms with van der Waals surface area (Å²) in [5.74, 6) is 0.104. The molecule has 118 valence electrons. The second kappa shape index (κ2) is 6.64. The van der Waals surface area contributed by atoms with Crippen molar-refractivity contribution < 1.29 is 13.2 Å². The second-order valence-corrected chi connectivity index (χ2v) is 8.80. The predicted octanol–water partition coefficient (Wildman–Crippen LogP) is 2.33. The van der Waals surface area contributed by atoms with Gasteiger partial charge in [-0.1, -0.05) is 11.6 Å². The molecule has 2 aromatic rings. The Bertz CT molecular complexity index is 734. The van der Waals surface area contributed by atoms with Crippen LogP contribution in [0.5, 0.6) is 0 Å². The zero-order chi connectivity index (χ0) is 15.6. The number of hydrogen-bond donors (Lipinski definition) is 1. The van der Waals surface area contributed by atoms with Crippen molar-refractivity contribution >= 4 is 33.0 Å². The fourth-order valence-corrected chi connectivity index (χ4v) is 5.24. The van der Waals surface area contributed by atoms with E-state index in [2.05, 4.69) is 9.71 Å². The minimum atomic E-state index is -3.56. The highest BCUT2D eigenvalue weighted by Crippen LogP contribution is 2.27. The molecule has 1 fully saturated rings. The number of halogens is 1. The number of hydrogen-bond acceptors (Lipinski definition) is 5. The van der Waals surface area contributed by atoms with Crippen LogP contribution in [-0.2, 0) is 21.2 Å². The maximum atomic E-state index is 12.4. The number of sulfonamides is 1. The van der Waals surface area contributed by atoms with Gasteiger partial charge in [-0.15, -0.1) is 11.3 Å². The van der Waals surface area contributed by atoms with E-state index in [4.69, 9.17) is 16.3 Å². The van der Waals surface area contributed by atoms with Gasteiger partial charge in [-0.3, -0.25) is 4.98 Å². The zero-order valence-electron chi connectivity index (χ0n) is 11.6. The Balaban J connectivity index is 1.71. The third-order valence-corrected chi connectivity index (χ3v) is 6.78. The molecule has 0 amide bonds. The van der Waals surface area contributed by atoms with E-state index < -0.39 is 10.0 Å². The molecule has 0 aliphatic carbocycles. The molecule has 0 spiro atoms. The molecule has 22 heavy (non-hydrogen) atoms. The average Bonchev–Trinajstić information content (AvgIpc) is 3.10. The first-order chi connectivity index (χ1) is 10.5. The van der Waals surface area contributed by atoms with Crippen molar-refractivity contribution in [2.45, 2.75) is 16.7 Å².